The number of hydrogen-bond donors (Lipinski definition) is 2. The third-order valence-electron chi connectivity index (χ3n) is 2.61. The van der Waals surface area contributed by atoms with E-state index in [1.54, 1.807) is 6.33 Å². The summed E-state index contributed by atoms with van der Waals surface area (Å²) in [4.78, 5) is 11.6. The van der Waals surface area contributed by atoms with Gasteiger partial charge >= 0.3 is 0 Å². The molecule has 0 aliphatic rings. The molecule has 0 bridgehead atoms. The number of anilines is 1. The molecule has 0 unspecified atom stereocenters. The highest BCUT2D eigenvalue weighted by molar-refractivity contribution is 5.78. The number of fused-ring (bicyclic) bond motifs is 1. The molecule has 2 aromatic rings. The molecule has 0 saturated carbocycles. The van der Waals surface area contributed by atoms with E-state index in [4.69, 9.17) is 5.73 Å². The van der Waals surface area contributed by atoms with Crippen LogP contribution in [0.1, 0.15) is 25.6 Å². The first-order chi connectivity index (χ1) is 7.24. The zero-order chi connectivity index (χ0) is 10.8. The van der Waals surface area contributed by atoms with E-state index >= 15 is 0 Å². The molecule has 15 heavy (non-hydrogen) atoms. The number of H-pyrrole nitrogens is 1. The quantitative estimate of drug-likeness (QED) is 0.726. The van der Waals surface area contributed by atoms with Crippen molar-refractivity contribution in [2.75, 3.05) is 5.73 Å². The van der Waals surface area contributed by atoms with Gasteiger partial charge in [-0.3, -0.25) is 0 Å². The Kier molecular flexibility index (Phi) is 2.53. The van der Waals surface area contributed by atoms with Gasteiger partial charge in [0.2, 0.25) is 11.6 Å². The van der Waals surface area contributed by atoms with Crippen molar-refractivity contribution in [1.82, 2.24) is 15.0 Å². The molecular formula is C10H16N5+. The fourth-order valence-electron chi connectivity index (χ4n) is 1.62. The number of hydrogen-bond acceptors (Lipinski definition) is 3. The molecule has 0 saturated heterocycles. The van der Waals surface area contributed by atoms with E-state index in [-0.39, 0.29) is 0 Å². The van der Waals surface area contributed by atoms with Gasteiger partial charge in [0.15, 0.2) is 5.52 Å². The van der Waals surface area contributed by atoms with Crippen molar-refractivity contribution in [1.29, 1.82) is 0 Å². The lowest BCUT2D eigenvalue weighted by molar-refractivity contribution is -0.666. The first kappa shape index (κ1) is 9.89. The predicted octanol–water partition coefficient (Wildman–Crippen LogP) is 0.707. The molecule has 0 fully saturated rings. The average molecular weight is 206 g/mol. The van der Waals surface area contributed by atoms with Crippen molar-refractivity contribution in [3.63, 3.8) is 0 Å². The summed E-state index contributed by atoms with van der Waals surface area (Å²) in [7, 11) is 1.94. The van der Waals surface area contributed by atoms with Gasteiger partial charge in [0.25, 0.3) is 5.65 Å². The lowest BCUT2D eigenvalue weighted by Gasteiger charge is -2.02. The first-order valence-electron chi connectivity index (χ1n) is 5.21. The molecule has 2 aromatic heterocycles. The molecule has 0 aromatic carbocycles. The van der Waals surface area contributed by atoms with Crippen LogP contribution in [-0.4, -0.2) is 15.0 Å². The van der Waals surface area contributed by atoms with E-state index in [1.807, 2.05) is 11.6 Å². The number of unbranched alkanes of at least 4 members (excludes halogenated alkanes) is 1. The molecule has 0 aliphatic heterocycles. The Morgan fingerprint density at radius 1 is 1.53 bits per heavy atom. The maximum atomic E-state index is 5.99. The van der Waals surface area contributed by atoms with Crippen LogP contribution >= 0.6 is 0 Å². The standard InChI is InChI=1S/C10H15N5/c1-3-4-5-7-14-10-8(12-6-13-10)9(11)15(7)2/h6H,3-5H2,1-2H3,(H2,11,12,13)/p+1. The monoisotopic (exact) mass is 206 g/mol. The molecule has 0 amide bonds. The number of nitrogens with two attached hydrogens (primary N) is 1. The topological polar surface area (TPSA) is 71.5 Å². The van der Waals surface area contributed by atoms with Gasteiger partial charge in [0.1, 0.15) is 0 Å². The van der Waals surface area contributed by atoms with Gasteiger partial charge in [-0.15, -0.1) is 0 Å². The van der Waals surface area contributed by atoms with Crippen LogP contribution in [0.3, 0.4) is 0 Å². The van der Waals surface area contributed by atoms with Crippen molar-refractivity contribution in [2.24, 2.45) is 7.05 Å². The van der Waals surface area contributed by atoms with Crippen LogP contribution in [0.25, 0.3) is 11.2 Å². The minimum Gasteiger partial charge on any atom is -0.336 e. The average Bonchev–Trinajstić information content (AvgIpc) is 2.69. The largest absolute Gasteiger partial charge is 0.336 e. The normalized spacial score (nSPS) is 11.1. The molecule has 80 valence electrons. The predicted molar refractivity (Wildman–Crippen MR) is 58.1 cm³/mol. The SMILES string of the molecule is CCCCc1nc2nc[nH]c2c(N)[n+]1C. The summed E-state index contributed by atoms with van der Waals surface area (Å²) < 4.78 is 1.93. The second-order valence-corrected chi connectivity index (χ2v) is 3.68. The van der Waals surface area contributed by atoms with Gasteiger partial charge in [-0.05, 0) is 6.42 Å². The Hall–Kier alpha value is -1.65. The molecule has 0 spiro atoms. The smallest absolute Gasteiger partial charge is 0.260 e. The molecule has 2 heterocycles. The highest BCUT2D eigenvalue weighted by Crippen LogP contribution is 2.11. The fourth-order valence-corrected chi connectivity index (χ4v) is 1.62. The lowest BCUT2D eigenvalue weighted by Crippen LogP contribution is -2.38. The van der Waals surface area contributed by atoms with E-state index in [1.165, 1.54) is 0 Å². The minimum atomic E-state index is 0.698. The molecule has 3 N–H and O–H groups in total. The van der Waals surface area contributed by atoms with Crippen LogP contribution in [0.5, 0.6) is 0 Å². The Morgan fingerprint density at radius 2 is 2.33 bits per heavy atom. The van der Waals surface area contributed by atoms with Crippen molar-refractivity contribution >= 4 is 17.0 Å². The van der Waals surface area contributed by atoms with Crippen LogP contribution in [-0.2, 0) is 13.5 Å². The number of aromatic nitrogens is 4. The minimum absolute atomic E-state index is 0.698. The summed E-state index contributed by atoms with van der Waals surface area (Å²) in [5.74, 6) is 1.69. The summed E-state index contributed by atoms with van der Waals surface area (Å²) in [6, 6.07) is 0. The molecule has 5 heteroatoms. The molecule has 0 aliphatic carbocycles. The van der Waals surface area contributed by atoms with Gasteiger partial charge in [0, 0.05) is 6.42 Å². The van der Waals surface area contributed by atoms with Gasteiger partial charge in [0.05, 0.1) is 13.4 Å². The Balaban J connectivity index is 2.50. The maximum Gasteiger partial charge on any atom is 0.260 e. The number of imidazole rings is 1. The lowest BCUT2D eigenvalue weighted by atomic mass is 10.2. The Labute approximate surface area is 88.4 Å². The van der Waals surface area contributed by atoms with Crippen molar-refractivity contribution in [3.05, 3.63) is 12.2 Å². The van der Waals surface area contributed by atoms with Crippen LogP contribution in [0.4, 0.5) is 5.82 Å². The highest BCUT2D eigenvalue weighted by Gasteiger charge is 2.16. The fraction of sp³-hybridized carbons (Fsp3) is 0.500. The first-order valence-corrected chi connectivity index (χ1v) is 5.21. The van der Waals surface area contributed by atoms with Crippen molar-refractivity contribution in [2.45, 2.75) is 26.2 Å². The zero-order valence-corrected chi connectivity index (χ0v) is 9.12. The van der Waals surface area contributed by atoms with E-state index in [0.29, 0.717) is 11.5 Å². The third-order valence-corrected chi connectivity index (χ3v) is 2.61. The summed E-state index contributed by atoms with van der Waals surface area (Å²) in [6.07, 6.45) is 4.84. The van der Waals surface area contributed by atoms with Gasteiger partial charge in [-0.25, -0.2) is 9.55 Å². The third kappa shape index (κ3) is 1.65. The Morgan fingerprint density at radius 3 is 3.07 bits per heavy atom. The number of aryl methyl sites for hydroxylation is 1. The van der Waals surface area contributed by atoms with Crippen LogP contribution < -0.4 is 10.3 Å². The number of rotatable bonds is 3. The van der Waals surface area contributed by atoms with Gasteiger partial charge in [-0.2, -0.15) is 0 Å². The number of nitrogens with zero attached hydrogens (tertiary/aromatic N) is 3. The van der Waals surface area contributed by atoms with Crippen molar-refractivity contribution in [3.8, 4) is 0 Å². The van der Waals surface area contributed by atoms with Gasteiger partial charge in [-0.1, -0.05) is 18.3 Å². The number of nitrogen functional groups attached to an aromatic ring is 1. The summed E-state index contributed by atoms with van der Waals surface area (Å²) in [5.41, 5.74) is 7.51. The van der Waals surface area contributed by atoms with E-state index in [0.717, 1.165) is 30.6 Å². The summed E-state index contributed by atoms with van der Waals surface area (Å²) >= 11 is 0. The van der Waals surface area contributed by atoms with Gasteiger partial charge < -0.3 is 10.7 Å². The van der Waals surface area contributed by atoms with E-state index < -0.39 is 0 Å². The molecule has 0 radical (unpaired) electrons. The molecule has 5 nitrogen and oxygen atoms in total. The van der Waals surface area contributed by atoms with Crippen molar-refractivity contribution < 1.29 is 4.57 Å². The maximum absolute atomic E-state index is 5.99. The van der Waals surface area contributed by atoms with E-state index in [9.17, 15) is 0 Å². The number of nitrogens with one attached hydrogen (secondary N) is 1. The molecule has 0 atom stereocenters. The molecular weight excluding hydrogens is 190 g/mol. The highest BCUT2D eigenvalue weighted by atomic mass is 15.1. The summed E-state index contributed by atoms with van der Waals surface area (Å²) in [5, 5.41) is 0. The number of aromatic amines is 1. The second kappa shape index (κ2) is 3.84. The molecule has 2 rings (SSSR count). The second-order valence-electron chi connectivity index (χ2n) is 3.68. The van der Waals surface area contributed by atoms with Crippen LogP contribution in [0, 0.1) is 0 Å². The zero-order valence-electron chi connectivity index (χ0n) is 9.12. The van der Waals surface area contributed by atoms with Crippen LogP contribution in [0.15, 0.2) is 6.33 Å². The van der Waals surface area contributed by atoms with Crippen LogP contribution in [0.2, 0.25) is 0 Å². The summed E-state index contributed by atoms with van der Waals surface area (Å²) in [6.45, 7) is 2.16. The Bertz CT molecular complexity index is 474. The van der Waals surface area contributed by atoms with E-state index in [2.05, 4.69) is 21.9 Å².